The average molecular weight is 464 g/mol. The van der Waals surface area contributed by atoms with Gasteiger partial charge in [-0.3, -0.25) is 4.79 Å². The van der Waals surface area contributed by atoms with Gasteiger partial charge in [-0.15, -0.1) is 0 Å². The summed E-state index contributed by atoms with van der Waals surface area (Å²) in [5, 5.41) is 4.14. The number of benzene rings is 2. The van der Waals surface area contributed by atoms with Gasteiger partial charge < -0.3 is 18.9 Å². The molecule has 1 aliphatic rings. The highest BCUT2D eigenvalue weighted by Gasteiger charge is 2.27. The summed E-state index contributed by atoms with van der Waals surface area (Å²) in [6, 6.07) is 13.9. The van der Waals surface area contributed by atoms with Crippen molar-refractivity contribution in [2.75, 3.05) is 27.3 Å². The number of nitrogens with zero attached hydrogens (tertiary/aromatic N) is 3. The summed E-state index contributed by atoms with van der Waals surface area (Å²) >= 11 is 0. The summed E-state index contributed by atoms with van der Waals surface area (Å²) in [4.78, 5) is 19.8. The van der Waals surface area contributed by atoms with E-state index in [0.29, 0.717) is 42.7 Å². The van der Waals surface area contributed by atoms with Crippen LogP contribution in [0.3, 0.4) is 0 Å². The zero-order chi connectivity index (χ0) is 23.9. The first kappa shape index (κ1) is 23.8. The van der Waals surface area contributed by atoms with Crippen LogP contribution in [0.5, 0.6) is 11.5 Å². The Kier molecular flexibility index (Phi) is 7.83. The minimum absolute atomic E-state index is 0.121. The maximum Gasteiger partial charge on any atom is 0.228 e. The molecule has 0 bridgehead atoms. The van der Waals surface area contributed by atoms with Crippen molar-refractivity contribution in [3.63, 3.8) is 0 Å². The molecule has 1 aromatic heterocycles. The van der Waals surface area contributed by atoms with Crippen LogP contribution in [0.2, 0.25) is 0 Å². The van der Waals surface area contributed by atoms with Gasteiger partial charge in [0.1, 0.15) is 0 Å². The second kappa shape index (κ2) is 11.2. The van der Waals surface area contributed by atoms with Gasteiger partial charge in [0.15, 0.2) is 11.5 Å². The molecule has 1 saturated carbocycles. The van der Waals surface area contributed by atoms with Gasteiger partial charge in [0.2, 0.25) is 17.6 Å². The molecular formula is C27H33N3O4. The van der Waals surface area contributed by atoms with Crippen LogP contribution in [0, 0.1) is 12.8 Å². The molecule has 0 radical (unpaired) electrons. The Hall–Kier alpha value is -3.35. The van der Waals surface area contributed by atoms with E-state index >= 15 is 0 Å². The molecule has 1 aliphatic carbocycles. The monoisotopic (exact) mass is 463 g/mol. The first-order chi connectivity index (χ1) is 16.6. The van der Waals surface area contributed by atoms with Gasteiger partial charge in [-0.25, -0.2) is 0 Å². The Labute approximate surface area is 201 Å². The third kappa shape index (κ3) is 5.76. The molecule has 4 rings (SSSR count). The van der Waals surface area contributed by atoms with Crippen molar-refractivity contribution in [2.45, 2.75) is 45.4 Å². The lowest BCUT2D eigenvalue weighted by atomic mass is 10.1. The fourth-order valence-corrected chi connectivity index (χ4v) is 4.55. The molecule has 1 amide bonds. The fraction of sp³-hybridized carbons (Fsp3) is 0.444. The maximum atomic E-state index is 13.3. The van der Waals surface area contributed by atoms with Crippen LogP contribution in [-0.4, -0.2) is 48.3 Å². The van der Waals surface area contributed by atoms with E-state index in [2.05, 4.69) is 10.1 Å². The normalized spacial score (nSPS) is 13.7. The van der Waals surface area contributed by atoms with Crippen molar-refractivity contribution in [1.82, 2.24) is 15.0 Å². The fourth-order valence-electron chi connectivity index (χ4n) is 4.55. The molecule has 0 aliphatic heterocycles. The molecule has 34 heavy (non-hydrogen) atoms. The van der Waals surface area contributed by atoms with E-state index in [1.807, 2.05) is 54.3 Å². The molecule has 3 aromatic rings. The third-order valence-electron chi connectivity index (χ3n) is 6.47. The minimum atomic E-state index is 0.121. The van der Waals surface area contributed by atoms with Gasteiger partial charge in [0.05, 0.1) is 14.2 Å². The number of carbonyl (C=O) groups is 1. The van der Waals surface area contributed by atoms with E-state index in [1.54, 1.807) is 14.2 Å². The van der Waals surface area contributed by atoms with Crippen molar-refractivity contribution in [3.05, 3.63) is 59.5 Å². The molecule has 7 heteroatoms. The van der Waals surface area contributed by atoms with Crippen LogP contribution < -0.4 is 9.47 Å². The maximum absolute atomic E-state index is 13.3. The molecule has 0 N–H and O–H groups in total. The molecule has 7 nitrogen and oxygen atoms in total. The molecular weight excluding hydrogens is 430 g/mol. The SMILES string of the molecule is COc1ccc(CCN(CCc2nc(-c3cccc(C)c3)no2)C(=O)C2CCCC2)cc1OC. The van der Waals surface area contributed by atoms with Crippen molar-refractivity contribution < 1.29 is 18.8 Å². The molecule has 0 saturated heterocycles. The van der Waals surface area contributed by atoms with Gasteiger partial charge in [-0.1, -0.05) is 47.8 Å². The first-order valence-electron chi connectivity index (χ1n) is 12.0. The van der Waals surface area contributed by atoms with Crippen molar-refractivity contribution >= 4 is 5.91 Å². The van der Waals surface area contributed by atoms with Crippen LogP contribution in [0.4, 0.5) is 0 Å². The number of hydrogen-bond donors (Lipinski definition) is 0. The predicted molar refractivity (Wildman–Crippen MR) is 130 cm³/mol. The van der Waals surface area contributed by atoms with Gasteiger partial charge in [0, 0.05) is 31.0 Å². The molecule has 0 atom stereocenters. The number of carbonyl (C=O) groups excluding carboxylic acids is 1. The molecule has 1 heterocycles. The third-order valence-corrected chi connectivity index (χ3v) is 6.47. The summed E-state index contributed by atoms with van der Waals surface area (Å²) in [7, 11) is 3.26. The number of aromatic nitrogens is 2. The highest BCUT2D eigenvalue weighted by Crippen LogP contribution is 2.29. The molecule has 180 valence electrons. The topological polar surface area (TPSA) is 77.7 Å². The molecule has 1 fully saturated rings. The quantitative estimate of drug-likeness (QED) is 0.427. The summed E-state index contributed by atoms with van der Waals surface area (Å²) < 4.78 is 16.3. The van der Waals surface area contributed by atoms with Gasteiger partial charge in [0.25, 0.3) is 0 Å². The lowest BCUT2D eigenvalue weighted by molar-refractivity contribution is -0.135. The van der Waals surface area contributed by atoms with Gasteiger partial charge in [-0.2, -0.15) is 4.98 Å². The highest BCUT2D eigenvalue weighted by molar-refractivity contribution is 5.79. The van der Waals surface area contributed by atoms with Crippen molar-refractivity contribution in [2.24, 2.45) is 5.92 Å². The van der Waals surface area contributed by atoms with Crippen LogP contribution in [0.15, 0.2) is 47.0 Å². The van der Waals surface area contributed by atoms with Crippen LogP contribution in [-0.2, 0) is 17.6 Å². The number of hydrogen-bond acceptors (Lipinski definition) is 6. The Bertz CT molecular complexity index is 1100. The molecule has 2 aromatic carbocycles. The van der Waals surface area contributed by atoms with Gasteiger partial charge in [-0.05, 0) is 49.9 Å². The standard InChI is InChI=1S/C27H33N3O4/c1-19-7-6-10-22(17-19)26-28-25(34-29-26)14-16-30(27(31)21-8-4-5-9-21)15-13-20-11-12-23(32-2)24(18-20)33-3/h6-7,10-12,17-18,21H,4-5,8-9,13-16H2,1-3H3. The number of ether oxygens (including phenoxy) is 2. The largest absolute Gasteiger partial charge is 0.493 e. The minimum Gasteiger partial charge on any atom is -0.493 e. The summed E-state index contributed by atoms with van der Waals surface area (Å²) in [5.41, 5.74) is 3.18. The van der Waals surface area contributed by atoms with Crippen molar-refractivity contribution in [3.8, 4) is 22.9 Å². The Morgan fingerprint density at radius 2 is 1.79 bits per heavy atom. The molecule has 0 unspecified atom stereocenters. The second-order valence-electron chi connectivity index (χ2n) is 8.88. The van der Waals surface area contributed by atoms with Crippen molar-refractivity contribution in [1.29, 1.82) is 0 Å². The number of amides is 1. The van der Waals surface area contributed by atoms with Crippen LogP contribution in [0.1, 0.15) is 42.7 Å². The van der Waals surface area contributed by atoms with E-state index in [-0.39, 0.29) is 11.8 Å². The zero-order valence-corrected chi connectivity index (χ0v) is 20.3. The second-order valence-corrected chi connectivity index (χ2v) is 8.88. The predicted octanol–water partition coefficient (Wildman–Crippen LogP) is 4.87. The van der Waals surface area contributed by atoms with E-state index in [1.165, 1.54) is 0 Å². The number of aryl methyl sites for hydroxylation is 1. The summed E-state index contributed by atoms with van der Waals surface area (Å²) in [6.45, 7) is 3.22. The smallest absolute Gasteiger partial charge is 0.228 e. The van der Waals surface area contributed by atoms with Crippen LogP contribution in [0.25, 0.3) is 11.4 Å². The number of methoxy groups -OCH3 is 2. The Balaban J connectivity index is 1.43. The van der Waals surface area contributed by atoms with E-state index in [9.17, 15) is 4.79 Å². The summed E-state index contributed by atoms with van der Waals surface area (Å²) in [6.07, 6.45) is 5.47. The lowest BCUT2D eigenvalue weighted by Gasteiger charge is -2.25. The Morgan fingerprint density at radius 3 is 2.53 bits per heavy atom. The molecule has 0 spiro atoms. The summed E-state index contributed by atoms with van der Waals surface area (Å²) in [5.74, 6) is 2.88. The zero-order valence-electron chi connectivity index (χ0n) is 20.3. The van der Waals surface area contributed by atoms with Gasteiger partial charge >= 0.3 is 0 Å². The first-order valence-corrected chi connectivity index (χ1v) is 12.0. The van der Waals surface area contributed by atoms with E-state index < -0.39 is 0 Å². The number of rotatable bonds is 10. The highest BCUT2D eigenvalue weighted by atomic mass is 16.5. The lowest BCUT2D eigenvalue weighted by Crippen LogP contribution is -2.38. The van der Waals surface area contributed by atoms with E-state index in [0.717, 1.165) is 48.8 Å². The Morgan fingerprint density at radius 1 is 1.03 bits per heavy atom. The average Bonchev–Trinajstić information content (AvgIpc) is 3.56. The van der Waals surface area contributed by atoms with E-state index in [4.69, 9.17) is 14.0 Å². The van der Waals surface area contributed by atoms with Crippen LogP contribution >= 0.6 is 0 Å².